The summed E-state index contributed by atoms with van der Waals surface area (Å²) in [7, 11) is 3.25. The van der Waals surface area contributed by atoms with E-state index in [1.807, 2.05) is 0 Å². The molecule has 0 bridgehead atoms. The van der Waals surface area contributed by atoms with Gasteiger partial charge in [-0.05, 0) is 25.7 Å². The van der Waals surface area contributed by atoms with E-state index >= 15 is 0 Å². The SMILES string of the molecule is COCCCN(CCOC)C(=O)C1CCCC(C(=O)O)C1. The van der Waals surface area contributed by atoms with Gasteiger partial charge in [-0.25, -0.2) is 0 Å². The monoisotopic (exact) mass is 301 g/mol. The fourth-order valence-electron chi connectivity index (χ4n) is 2.83. The third-order valence-corrected chi connectivity index (χ3v) is 4.03. The van der Waals surface area contributed by atoms with Crippen molar-refractivity contribution in [1.82, 2.24) is 4.90 Å². The predicted molar refractivity (Wildman–Crippen MR) is 78.0 cm³/mol. The number of methoxy groups -OCH3 is 2. The molecule has 0 saturated heterocycles. The van der Waals surface area contributed by atoms with Gasteiger partial charge in [-0.15, -0.1) is 0 Å². The average Bonchev–Trinajstić information content (AvgIpc) is 2.50. The molecular weight excluding hydrogens is 274 g/mol. The first kappa shape index (κ1) is 17.9. The lowest BCUT2D eigenvalue weighted by Crippen LogP contribution is -2.41. The molecule has 2 unspecified atom stereocenters. The first-order valence-electron chi connectivity index (χ1n) is 7.59. The number of carbonyl (C=O) groups is 2. The maximum Gasteiger partial charge on any atom is 0.306 e. The van der Waals surface area contributed by atoms with Crippen molar-refractivity contribution >= 4 is 11.9 Å². The molecule has 1 rings (SSSR count). The van der Waals surface area contributed by atoms with E-state index < -0.39 is 5.97 Å². The molecule has 21 heavy (non-hydrogen) atoms. The molecule has 1 aliphatic carbocycles. The maximum absolute atomic E-state index is 12.6. The molecule has 6 nitrogen and oxygen atoms in total. The van der Waals surface area contributed by atoms with Crippen LogP contribution in [0.25, 0.3) is 0 Å². The molecule has 2 atom stereocenters. The van der Waals surface area contributed by atoms with Crippen LogP contribution < -0.4 is 0 Å². The van der Waals surface area contributed by atoms with E-state index in [1.54, 1.807) is 19.1 Å². The molecule has 0 spiro atoms. The first-order chi connectivity index (χ1) is 10.1. The zero-order chi connectivity index (χ0) is 15.7. The summed E-state index contributed by atoms with van der Waals surface area (Å²) in [6.45, 7) is 2.28. The van der Waals surface area contributed by atoms with Gasteiger partial charge in [0.2, 0.25) is 5.91 Å². The van der Waals surface area contributed by atoms with Crippen molar-refractivity contribution in [2.45, 2.75) is 32.1 Å². The molecule has 1 saturated carbocycles. The van der Waals surface area contributed by atoms with Gasteiger partial charge in [-0.3, -0.25) is 9.59 Å². The Morgan fingerprint density at radius 2 is 1.76 bits per heavy atom. The van der Waals surface area contributed by atoms with Crippen LogP contribution in [-0.4, -0.2) is 62.4 Å². The van der Waals surface area contributed by atoms with E-state index in [1.165, 1.54) is 0 Å². The average molecular weight is 301 g/mol. The number of rotatable bonds is 9. The Hall–Kier alpha value is -1.14. The summed E-state index contributed by atoms with van der Waals surface area (Å²) in [6, 6.07) is 0. The number of hydrogen-bond donors (Lipinski definition) is 1. The molecule has 1 aliphatic rings. The molecule has 122 valence electrons. The largest absolute Gasteiger partial charge is 0.481 e. The Morgan fingerprint density at radius 1 is 1.10 bits per heavy atom. The molecule has 0 aliphatic heterocycles. The number of carbonyl (C=O) groups excluding carboxylic acids is 1. The Labute approximate surface area is 126 Å². The van der Waals surface area contributed by atoms with E-state index in [9.17, 15) is 9.59 Å². The number of carboxylic acid groups (broad SMARTS) is 1. The number of ether oxygens (including phenoxy) is 2. The predicted octanol–water partition coefficient (Wildman–Crippen LogP) is 1.39. The molecule has 0 radical (unpaired) electrons. The van der Waals surface area contributed by atoms with E-state index in [2.05, 4.69) is 0 Å². The molecule has 0 heterocycles. The zero-order valence-corrected chi connectivity index (χ0v) is 13.0. The third kappa shape index (κ3) is 6.01. The number of hydrogen-bond acceptors (Lipinski definition) is 4. The van der Waals surface area contributed by atoms with E-state index in [4.69, 9.17) is 14.6 Å². The summed E-state index contributed by atoms with van der Waals surface area (Å²) >= 11 is 0. The van der Waals surface area contributed by atoms with Crippen molar-refractivity contribution in [3.8, 4) is 0 Å². The third-order valence-electron chi connectivity index (χ3n) is 4.03. The zero-order valence-electron chi connectivity index (χ0n) is 13.0. The van der Waals surface area contributed by atoms with Crippen LogP contribution in [0.4, 0.5) is 0 Å². The van der Waals surface area contributed by atoms with Crippen LogP contribution in [-0.2, 0) is 19.1 Å². The summed E-state index contributed by atoms with van der Waals surface area (Å²) in [5.41, 5.74) is 0. The quantitative estimate of drug-likeness (QED) is 0.651. The number of aliphatic carboxylic acids is 1. The minimum atomic E-state index is -0.782. The highest BCUT2D eigenvalue weighted by molar-refractivity contribution is 5.80. The van der Waals surface area contributed by atoms with Gasteiger partial charge >= 0.3 is 5.97 Å². The molecular formula is C15H27NO5. The highest BCUT2D eigenvalue weighted by atomic mass is 16.5. The number of nitrogens with zero attached hydrogens (tertiary/aromatic N) is 1. The second-order valence-corrected chi connectivity index (χ2v) is 5.56. The second-order valence-electron chi connectivity index (χ2n) is 5.56. The molecule has 0 aromatic carbocycles. The van der Waals surface area contributed by atoms with Crippen LogP contribution >= 0.6 is 0 Å². The van der Waals surface area contributed by atoms with Gasteiger partial charge in [0.05, 0.1) is 12.5 Å². The lowest BCUT2D eigenvalue weighted by atomic mass is 9.80. The highest BCUT2D eigenvalue weighted by Gasteiger charge is 2.33. The molecule has 0 aromatic rings. The van der Waals surface area contributed by atoms with Crippen LogP contribution in [0.5, 0.6) is 0 Å². The summed E-state index contributed by atoms with van der Waals surface area (Å²) < 4.78 is 10.1. The van der Waals surface area contributed by atoms with Crippen molar-refractivity contribution in [3.63, 3.8) is 0 Å². The molecule has 1 amide bonds. The Morgan fingerprint density at radius 3 is 2.38 bits per heavy atom. The van der Waals surface area contributed by atoms with Crippen molar-refractivity contribution in [2.75, 3.05) is 40.5 Å². The van der Waals surface area contributed by atoms with Gasteiger partial charge in [0.25, 0.3) is 0 Å². The molecule has 0 aromatic heterocycles. The lowest BCUT2D eigenvalue weighted by Gasteiger charge is -2.31. The number of carboxylic acids is 1. The lowest BCUT2D eigenvalue weighted by molar-refractivity contribution is -0.145. The van der Waals surface area contributed by atoms with Gasteiger partial charge in [0.1, 0.15) is 0 Å². The standard InChI is InChI=1S/C15H27NO5/c1-20-9-4-7-16(8-10-21-2)14(17)12-5-3-6-13(11-12)15(18)19/h12-13H,3-11H2,1-2H3,(H,18,19). The van der Waals surface area contributed by atoms with Gasteiger partial charge in [-0.1, -0.05) is 6.42 Å². The van der Waals surface area contributed by atoms with E-state index in [0.29, 0.717) is 39.1 Å². The van der Waals surface area contributed by atoms with Gasteiger partial charge in [0.15, 0.2) is 0 Å². The van der Waals surface area contributed by atoms with Gasteiger partial charge < -0.3 is 19.5 Å². The minimum Gasteiger partial charge on any atom is -0.481 e. The van der Waals surface area contributed by atoms with Crippen LogP contribution in [0.15, 0.2) is 0 Å². The van der Waals surface area contributed by atoms with Crippen molar-refractivity contribution < 1.29 is 24.2 Å². The van der Waals surface area contributed by atoms with Crippen molar-refractivity contribution in [3.05, 3.63) is 0 Å². The normalized spacial score (nSPS) is 22.0. The summed E-state index contributed by atoms with van der Waals surface area (Å²) in [4.78, 5) is 25.5. The highest BCUT2D eigenvalue weighted by Crippen LogP contribution is 2.30. The maximum atomic E-state index is 12.6. The van der Waals surface area contributed by atoms with Crippen LogP contribution in [0, 0.1) is 11.8 Å². The Bertz CT molecular complexity index is 334. The topological polar surface area (TPSA) is 76.1 Å². The van der Waals surface area contributed by atoms with E-state index in [-0.39, 0.29) is 17.7 Å². The fraction of sp³-hybridized carbons (Fsp3) is 0.867. The molecule has 1 fully saturated rings. The first-order valence-corrected chi connectivity index (χ1v) is 7.59. The minimum absolute atomic E-state index is 0.0640. The summed E-state index contributed by atoms with van der Waals surface area (Å²) in [5.74, 6) is -1.26. The van der Waals surface area contributed by atoms with Gasteiger partial charge in [0, 0.05) is 39.8 Å². The molecule has 6 heteroatoms. The Kier molecular flexibility index (Phi) is 8.30. The van der Waals surface area contributed by atoms with Crippen LogP contribution in [0.2, 0.25) is 0 Å². The van der Waals surface area contributed by atoms with Crippen molar-refractivity contribution in [2.24, 2.45) is 11.8 Å². The van der Waals surface area contributed by atoms with Crippen molar-refractivity contribution in [1.29, 1.82) is 0 Å². The fourth-order valence-corrected chi connectivity index (χ4v) is 2.83. The summed E-state index contributed by atoms with van der Waals surface area (Å²) in [6.07, 6.45) is 3.52. The summed E-state index contributed by atoms with van der Waals surface area (Å²) in [5, 5.41) is 9.13. The van der Waals surface area contributed by atoms with Gasteiger partial charge in [-0.2, -0.15) is 0 Å². The Balaban J connectivity index is 2.57. The van der Waals surface area contributed by atoms with Crippen LogP contribution in [0.3, 0.4) is 0 Å². The second kappa shape index (κ2) is 9.73. The van der Waals surface area contributed by atoms with Crippen LogP contribution in [0.1, 0.15) is 32.1 Å². The van der Waals surface area contributed by atoms with E-state index in [0.717, 1.165) is 19.3 Å². The molecule has 1 N–H and O–H groups in total. The number of amides is 1. The smallest absolute Gasteiger partial charge is 0.306 e.